The van der Waals surface area contributed by atoms with Crippen LogP contribution >= 0.6 is 0 Å². The molecule has 2 nitrogen and oxygen atoms in total. The molecule has 0 spiro atoms. The molecule has 0 aromatic heterocycles. The summed E-state index contributed by atoms with van der Waals surface area (Å²) in [7, 11) is 0. The summed E-state index contributed by atoms with van der Waals surface area (Å²) >= 11 is 0. The lowest BCUT2D eigenvalue weighted by Gasteiger charge is -2.22. The molecule has 2 unspecified atom stereocenters. The molecule has 2 rings (SSSR count). The number of nitrogens with two attached hydrogens (primary N) is 1. The Bertz CT molecular complexity index is 325. The van der Waals surface area contributed by atoms with Gasteiger partial charge in [-0.15, -0.1) is 0 Å². The highest BCUT2D eigenvalue weighted by atomic mass is 19.1. The van der Waals surface area contributed by atoms with Gasteiger partial charge in [-0.25, -0.2) is 4.39 Å². The van der Waals surface area contributed by atoms with E-state index in [1.54, 1.807) is 12.1 Å². The third kappa shape index (κ3) is 2.95. The van der Waals surface area contributed by atoms with Gasteiger partial charge >= 0.3 is 0 Å². The maximum Gasteiger partial charge on any atom is 0.123 e. The maximum absolute atomic E-state index is 12.7. The fourth-order valence-electron chi connectivity index (χ4n) is 2.14. The van der Waals surface area contributed by atoms with Crippen molar-refractivity contribution in [1.82, 2.24) is 0 Å². The van der Waals surface area contributed by atoms with Gasteiger partial charge in [-0.2, -0.15) is 0 Å². The fraction of sp³-hybridized carbons (Fsp3) is 0.538. The van der Waals surface area contributed by atoms with Crippen LogP contribution in [0.4, 0.5) is 4.39 Å². The van der Waals surface area contributed by atoms with E-state index in [-0.39, 0.29) is 18.0 Å². The molecule has 1 fully saturated rings. The van der Waals surface area contributed by atoms with Gasteiger partial charge in [0.15, 0.2) is 0 Å². The molecule has 0 saturated heterocycles. The number of hydrogen-bond acceptors (Lipinski definition) is 2. The molecule has 1 aromatic rings. The minimum absolute atomic E-state index is 0.0768. The zero-order valence-electron chi connectivity index (χ0n) is 9.36. The standard InChI is InChI=1S/C13H18FNO/c14-10-6-8-11(9-7-10)16-13-5-3-1-2-4-12(13)15/h6-9,12-13H,1-5,15H2. The van der Waals surface area contributed by atoms with E-state index in [1.807, 2.05) is 0 Å². The van der Waals surface area contributed by atoms with Crippen molar-refractivity contribution in [3.8, 4) is 5.75 Å². The second-order valence-electron chi connectivity index (χ2n) is 4.41. The summed E-state index contributed by atoms with van der Waals surface area (Å²) in [6.45, 7) is 0. The Kier molecular flexibility index (Phi) is 3.78. The number of hydrogen-bond donors (Lipinski definition) is 1. The van der Waals surface area contributed by atoms with Crippen LogP contribution in [0.1, 0.15) is 32.1 Å². The molecular formula is C13H18FNO. The van der Waals surface area contributed by atoms with E-state index in [0.717, 1.165) is 12.8 Å². The molecule has 1 saturated carbocycles. The third-order valence-corrected chi connectivity index (χ3v) is 3.10. The van der Waals surface area contributed by atoms with Gasteiger partial charge < -0.3 is 10.5 Å². The summed E-state index contributed by atoms with van der Waals surface area (Å²) in [4.78, 5) is 0. The van der Waals surface area contributed by atoms with Gasteiger partial charge in [-0.1, -0.05) is 12.8 Å². The molecule has 1 aromatic carbocycles. The molecule has 2 N–H and O–H groups in total. The first-order valence-electron chi connectivity index (χ1n) is 5.93. The van der Waals surface area contributed by atoms with Crippen LogP contribution in [-0.4, -0.2) is 12.1 Å². The first-order chi connectivity index (χ1) is 7.75. The van der Waals surface area contributed by atoms with E-state index in [4.69, 9.17) is 10.5 Å². The van der Waals surface area contributed by atoms with E-state index in [2.05, 4.69) is 0 Å². The average Bonchev–Trinajstić information content (AvgIpc) is 2.48. The number of rotatable bonds is 2. The zero-order chi connectivity index (χ0) is 11.4. The van der Waals surface area contributed by atoms with Gasteiger partial charge in [0.25, 0.3) is 0 Å². The van der Waals surface area contributed by atoms with Crippen LogP contribution in [0.5, 0.6) is 5.75 Å². The summed E-state index contributed by atoms with van der Waals surface area (Å²) in [5.41, 5.74) is 6.06. The lowest BCUT2D eigenvalue weighted by molar-refractivity contribution is 0.162. The van der Waals surface area contributed by atoms with Crippen molar-refractivity contribution in [1.29, 1.82) is 0 Å². The lowest BCUT2D eigenvalue weighted by atomic mass is 10.1. The minimum atomic E-state index is -0.238. The molecule has 2 atom stereocenters. The fourth-order valence-corrected chi connectivity index (χ4v) is 2.14. The molecule has 1 aliphatic rings. The van der Waals surface area contributed by atoms with Gasteiger partial charge in [0, 0.05) is 6.04 Å². The van der Waals surface area contributed by atoms with E-state index in [1.165, 1.54) is 31.4 Å². The topological polar surface area (TPSA) is 35.2 Å². The average molecular weight is 223 g/mol. The molecule has 0 bridgehead atoms. The Morgan fingerprint density at radius 2 is 1.75 bits per heavy atom. The first-order valence-corrected chi connectivity index (χ1v) is 5.93. The Labute approximate surface area is 95.6 Å². The van der Waals surface area contributed by atoms with Crippen LogP contribution < -0.4 is 10.5 Å². The van der Waals surface area contributed by atoms with Crippen molar-refractivity contribution in [2.75, 3.05) is 0 Å². The van der Waals surface area contributed by atoms with E-state index < -0.39 is 0 Å². The normalized spacial score (nSPS) is 26.1. The van der Waals surface area contributed by atoms with Crippen molar-refractivity contribution < 1.29 is 9.13 Å². The summed E-state index contributed by atoms with van der Waals surface area (Å²) in [6, 6.07) is 6.25. The van der Waals surface area contributed by atoms with Gasteiger partial charge in [0.05, 0.1) is 0 Å². The van der Waals surface area contributed by atoms with Crippen LogP contribution in [0.3, 0.4) is 0 Å². The lowest BCUT2D eigenvalue weighted by Crippen LogP contribution is -2.37. The van der Waals surface area contributed by atoms with Crippen molar-refractivity contribution in [3.05, 3.63) is 30.1 Å². The first kappa shape index (κ1) is 11.4. The third-order valence-electron chi connectivity index (χ3n) is 3.10. The number of halogens is 1. The van der Waals surface area contributed by atoms with Crippen molar-refractivity contribution >= 4 is 0 Å². The molecule has 0 radical (unpaired) electrons. The van der Waals surface area contributed by atoms with Crippen LogP contribution in [0.2, 0.25) is 0 Å². The van der Waals surface area contributed by atoms with Gasteiger partial charge in [-0.05, 0) is 43.5 Å². The number of benzene rings is 1. The summed E-state index contributed by atoms with van der Waals surface area (Å²) < 4.78 is 18.5. The number of ether oxygens (including phenoxy) is 1. The molecule has 0 heterocycles. The monoisotopic (exact) mass is 223 g/mol. The quantitative estimate of drug-likeness (QED) is 0.782. The predicted octanol–water partition coefficient (Wildman–Crippen LogP) is 2.86. The highest BCUT2D eigenvalue weighted by molar-refractivity contribution is 5.22. The van der Waals surface area contributed by atoms with Crippen molar-refractivity contribution in [2.24, 2.45) is 5.73 Å². The van der Waals surface area contributed by atoms with Crippen LogP contribution in [0.15, 0.2) is 24.3 Å². The molecule has 3 heteroatoms. The van der Waals surface area contributed by atoms with E-state index in [0.29, 0.717) is 5.75 Å². The largest absolute Gasteiger partial charge is 0.489 e. The van der Waals surface area contributed by atoms with Crippen LogP contribution in [-0.2, 0) is 0 Å². The molecular weight excluding hydrogens is 205 g/mol. The van der Waals surface area contributed by atoms with Crippen molar-refractivity contribution in [3.63, 3.8) is 0 Å². The van der Waals surface area contributed by atoms with Crippen LogP contribution in [0.25, 0.3) is 0 Å². The molecule has 0 amide bonds. The maximum atomic E-state index is 12.7. The Balaban J connectivity index is 1.99. The smallest absolute Gasteiger partial charge is 0.123 e. The highest BCUT2D eigenvalue weighted by Gasteiger charge is 2.21. The van der Waals surface area contributed by atoms with Crippen LogP contribution in [0, 0.1) is 5.82 Å². The highest BCUT2D eigenvalue weighted by Crippen LogP contribution is 2.22. The Hall–Kier alpha value is -1.09. The van der Waals surface area contributed by atoms with Gasteiger partial charge in [0.2, 0.25) is 0 Å². The second kappa shape index (κ2) is 5.30. The Morgan fingerprint density at radius 3 is 2.50 bits per heavy atom. The van der Waals surface area contributed by atoms with Gasteiger partial charge in [-0.3, -0.25) is 0 Å². The molecule has 16 heavy (non-hydrogen) atoms. The van der Waals surface area contributed by atoms with E-state index in [9.17, 15) is 4.39 Å². The van der Waals surface area contributed by atoms with Gasteiger partial charge in [0.1, 0.15) is 17.7 Å². The molecule has 88 valence electrons. The van der Waals surface area contributed by atoms with E-state index >= 15 is 0 Å². The Morgan fingerprint density at radius 1 is 1.06 bits per heavy atom. The molecule has 1 aliphatic carbocycles. The summed E-state index contributed by atoms with van der Waals surface area (Å²) in [5.74, 6) is 0.473. The minimum Gasteiger partial charge on any atom is -0.489 e. The summed E-state index contributed by atoms with van der Waals surface area (Å²) in [6.07, 6.45) is 5.68. The van der Waals surface area contributed by atoms with Crippen molar-refractivity contribution in [2.45, 2.75) is 44.2 Å². The second-order valence-corrected chi connectivity index (χ2v) is 4.41. The predicted molar refractivity (Wildman–Crippen MR) is 61.9 cm³/mol. The molecule has 0 aliphatic heterocycles. The summed E-state index contributed by atoms with van der Waals surface area (Å²) in [5, 5.41) is 0. The zero-order valence-corrected chi connectivity index (χ0v) is 9.36. The SMILES string of the molecule is NC1CCCCCC1Oc1ccc(F)cc1.